The molecule has 0 saturated heterocycles. The van der Waals surface area contributed by atoms with E-state index in [9.17, 15) is 4.79 Å². The molecule has 0 spiro atoms. The Hall–Kier alpha value is -1.88. The number of para-hydroxylation sites is 1. The van der Waals surface area contributed by atoms with Crippen molar-refractivity contribution >= 4 is 22.9 Å². The number of anilines is 1. The van der Waals surface area contributed by atoms with Crippen LogP contribution >= 0.6 is 11.3 Å². The Kier molecular flexibility index (Phi) is 2.96. The fourth-order valence-electron chi connectivity index (χ4n) is 2.83. The number of carbonyl (C=O) groups is 1. The third-order valence-electron chi connectivity index (χ3n) is 4.05. The van der Waals surface area contributed by atoms with Crippen LogP contribution in [0.3, 0.4) is 0 Å². The van der Waals surface area contributed by atoms with Gasteiger partial charge >= 0.3 is 0 Å². The zero-order chi connectivity index (χ0) is 14.4. The van der Waals surface area contributed by atoms with Crippen molar-refractivity contribution in [3.05, 3.63) is 45.9 Å². The Balaban J connectivity index is 1.76. The Morgan fingerprint density at radius 1 is 1.38 bits per heavy atom. The van der Waals surface area contributed by atoms with E-state index in [1.54, 1.807) is 11.3 Å². The molecule has 4 nitrogen and oxygen atoms in total. The highest BCUT2D eigenvalue weighted by Gasteiger charge is 2.42. The molecular weight excluding hydrogens is 282 g/mol. The summed E-state index contributed by atoms with van der Waals surface area (Å²) in [7, 11) is 0. The Bertz CT molecular complexity index is 692. The number of rotatable bonds is 3. The molecule has 1 aromatic carbocycles. The van der Waals surface area contributed by atoms with Crippen LogP contribution in [-0.2, 0) is 6.42 Å². The molecule has 1 saturated carbocycles. The van der Waals surface area contributed by atoms with Crippen molar-refractivity contribution < 1.29 is 4.79 Å². The van der Waals surface area contributed by atoms with E-state index in [1.165, 1.54) is 0 Å². The number of carbonyl (C=O) groups excluding carboxylic acids is 1. The zero-order valence-electron chi connectivity index (χ0n) is 11.9. The number of hydrogen-bond acceptors (Lipinski definition) is 4. The SMILES string of the molecule is CCc1nc([C@@H]2Nc3ccccc3C(=O)N2C2CC2)cs1. The van der Waals surface area contributed by atoms with Crippen molar-refractivity contribution in [3.8, 4) is 0 Å². The van der Waals surface area contributed by atoms with Gasteiger partial charge in [-0.05, 0) is 31.4 Å². The highest BCUT2D eigenvalue weighted by atomic mass is 32.1. The summed E-state index contributed by atoms with van der Waals surface area (Å²) in [4.78, 5) is 19.5. The monoisotopic (exact) mass is 299 g/mol. The van der Waals surface area contributed by atoms with Gasteiger partial charge in [0.2, 0.25) is 0 Å². The van der Waals surface area contributed by atoms with Crippen LogP contribution in [0.5, 0.6) is 0 Å². The molecule has 1 N–H and O–H groups in total. The van der Waals surface area contributed by atoms with Gasteiger partial charge in [0.25, 0.3) is 5.91 Å². The van der Waals surface area contributed by atoms with Crippen molar-refractivity contribution in [2.45, 2.75) is 38.4 Å². The lowest BCUT2D eigenvalue weighted by atomic mass is 10.1. The lowest BCUT2D eigenvalue weighted by Gasteiger charge is -2.37. The maximum Gasteiger partial charge on any atom is 0.258 e. The van der Waals surface area contributed by atoms with Gasteiger partial charge in [0.05, 0.1) is 16.3 Å². The van der Waals surface area contributed by atoms with Gasteiger partial charge in [-0.15, -0.1) is 11.3 Å². The van der Waals surface area contributed by atoms with Crippen LogP contribution in [0, 0.1) is 0 Å². The molecule has 4 rings (SSSR count). The molecule has 1 amide bonds. The number of amides is 1. The van der Waals surface area contributed by atoms with Crippen LogP contribution in [0.4, 0.5) is 5.69 Å². The number of nitrogens with one attached hydrogen (secondary N) is 1. The van der Waals surface area contributed by atoms with E-state index in [0.29, 0.717) is 6.04 Å². The molecule has 1 aliphatic carbocycles. The number of fused-ring (bicyclic) bond motifs is 1. The molecule has 1 atom stereocenters. The summed E-state index contributed by atoms with van der Waals surface area (Å²) < 4.78 is 0. The first-order valence-corrected chi connectivity index (χ1v) is 8.28. The quantitative estimate of drug-likeness (QED) is 0.944. The van der Waals surface area contributed by atoms with Gasteiger partial charge < -0.3 is 10.2 Å². The highest BCUT2D eigenvalue weighted by Crippen LogP contribution is 2.40. The average molecular weight is 299 g/mol. The van der Waals surface area contributed by atoms with Crippen LogP contribution in [0.15, 0.2) is 29.6 Å². The fraction of sp³-hybridized carbons (Fsp3) is 0.375. The summed E-state index contributed by atoms with van der Waals surface area (Å²) in [5.41, 5.74) is 2.65. The van der Waals surface area contributed by atoms with Crippen LogP contribution in [-0.4, -0.2) is 21.8 Å². The van der Waals surface area contributed by atoms with E-state index >= 15 is 0 Å². The van der Waals surface area contributed by atoms with Crippen molar-refractivity contribution in [2.24, 2.45) is 0 Å². The first kappa shape index (κ1) is 12.8. The molecule has 1 aliphatic heterocycles. The van der Waals surface area contributed by atoms with Crippen LogP contribution in [0.25, 0.3) is 0 Å². The van der Waals surface area contributed by atoms with Crippen LogP contribution < -0.4 is 5.32 Å². The normalized spacial score (nSPS) is 21.1. The lowest BCUT2D eigenvalue weighted by molar-refractivity contribution is 0.0663. The van der Waals surface area contributed by atoms with E-state index in [-0.39, 0.29) is 12.1 Å². The van der Waals surface area contributed by atoms with Crippen LogP contribution in [0.1, 0.15) is 47.0 Å². The van der Waals surface area contributed by atoms with Crippen LogP contribution in [0.2, 0.25) is 0 Å². The van der Waals surface area contributed by atoms with Gasteiger partial charge in [0, 0.05) is 17.1 Å². The zero-order valence-corrected chi connectivity index (χ0v) is 12.7. The molecular formula is C16H17N3OS. The number of aryl methyl sites for hydroxylation is 1. The summed E-state index contributed by atoms with van der Waals surface area (Å²) >= 11 is 1.67. The molecule has 1 aromatic heterocycles. The predicted octanol–water partition coefficient (Wildman–Crippen LogP) is 3.43. The van der Waals surface area contributed by atoms with Crippen molar-refractivity contribution in [3.63, 3.8) is 0 Å². The number of nitrogens with zero attached hydrogens (tertiary/aromatic N) is 2. The van der Waals surface area contributed by atoms with Gasteiger partial charge in [-0.2, -0.15) is 0 Å². The topological polar surface area (TPSA) is 45.2 Å². The van der Waals surface area contributed by atoms with E-state index in [1.807, 2.05) is 29.2 Å². The standard InChI is InChI=1S/C16H17N3OS/c1-2-14-17-13(9-21-14)15-18-12-6-4-3-5-11(12)16(20)19(15)10-7-8-10/h3-6,9-10,15,18H,2,7-8H2,1H3/t15-/m1/s1. The van der Waals surface area contributed by atoms with Gasteiger partial charge in [-0.1, -0.05) is 19.1 Å². The minimum atomic E-state index is -0.128. The number of thiazole rings is 1. The molecule has 0 unspecified atom stereocenters. The van der Waals surface area contributed by atoms with Gasteiger partial charge in [0.1, 0.15) is 6.17 Å². The number of aromatic nitrogens is 1. The minimum Gasteiger partial charge on any atom is -0.359 e. The minimum absolute atomic E-state index is 0.128. The van der Waals surface area contributed by atoms with Gasteiger partial charge in [0.15, 0.2) is 0 Å². The summed E-state index contributed by atoms with van der Waals surface area (Å²) in [5, 5.41) is 6.70. The summed E-state index contributed by atoms with van der Waals surface area (Å²) in [6.07, 6.45) is 3.00. The van der Waals surface area contributed by atoms with Gasteiger partial charge in [-0.25, -0.2) is 4.98 Å². The maximum absolute atomic E-state index is 12.8. The second-order valence-corrected chi connectivity index (χ2v) is 6.50. The number of hydrogen-bond donors (Lipinski definition) is 1. The van der Waals surface area contributed by atoms with Crippen molar-refractivity contribution in [2.75, 3.05) is 5.32 Å². The first-order valence-electron chi connectivity index (χ1n) is 7.40. The predicted molar refractivity (Wildman–Crippen MR) is 83.5 cm³/mol. The molecule has 2 aromatic rings. The molecule has 2 heterocycles. The first-order chi connectivity index (χ1) is 10.3. The molecule has 5 heteroatoms. The molecule has 1 fully saturated rings. The van der Waals surface area contributed by atoms with Crippen molar-refractivity contribution in [1.29, 1.82) is 0 Å². The lowest BCUT2D eigenvalue weighted by Crippen LogP contribution is -2.44. The smallest absolute Gasteiger partial charge is 0.258 e. The third kappa shape index (κ3) is 2.12. The Morgan fingerprint density at radius 3 is 2.90 bits per heavy atom. The fourth-order valence-corrected chi connectivity index (χ4v) is 3.59. The van der Waals surface area contributed by atoms with Crippen molar-refractivity contribution in [1.82, 2.24) is 9.88 Å². The largest absolute Gasteiger partial charge is 0.359 e. The maximum atomic E-state index is 12.8. The Morgan fingerprint density at radius 2 is 2.19 bits per heavy atom. The summed E-state index contributed by atoms with van der Waals surface area (Å²) in [6.45, 7) is 2.11. The van der Waals surface area contributed by atoms with Gasteiger partial charge in [-0.3, -0.25) is 4.79 Å². The highest BCUT2D eigenvalue weighted by molar-refractivity contribution is 7.09. The number of benzene rings is 1. The second kappa shape index (κ2) is 4.84. The molecule has 0 radical (unpaired) electrons. The summed E-state index contributed by atoms with van der Waals surface area (Å²) in [6, 6.07) is 8.10. The van der Waals surface area contributed by atoms with E-state index in [0.717, 1.165) is 41.2 Å². The van der Waals surface area contributed by atoms with E-state index in [4.69, 9.17) is 0 Å². The second-order valence-electron chi connectivity index (χ2n) is 5.56. The molecule has 21 heavy (non-hydrogen) atoms. The molecule has 0 bridgehead atoms. The molecule has 2 aliphatic rings. The Labute approximate surface area is 127 Å². The molecule has 108 valence electrons. The van der Waals surface area contributed by atoms with E-state index < -0.39 is 0 Å². The summed E-state index contributed by atoms with van der Waals surface area (Å²) in [5.74, 6) is 0.128. The third-order valence-corrected chi connectivity index (χ3v) is 5.07. The van der Waals surface area contributed by atoms with E-state index in [2.05, 4.69) is 22.6 Å². The average Bonchev–Trinajstić information content (AvgIpc) is 3.23.